The summed E-state index contributed by atoms with van der Waals surface area (Å²) in [6, 6.07) is 0. The third-order valence-corrected chi connectivity index (χ3v) is 3.78. The highest BCUT2D eigenvalue weighted by atomic mass is 13.9. The van der Waals surface area contributed by atoms with Crippen molar-refractivity contribution in [1.29, 1.82) is 0 Å². The van der Waals surface area contributed by atoms with Crippen molar-refractivity contribution >= 4 is 0 Å². The molecule has 27 heavy (non-hydrogen) atoms. The lowest BCUT2D eigenvalue weighted by Crippen LogP contribution is -1.78. The SMILES string of the molecule is [CH]=CC=CC=CC=CC=CC=CC=CC=CC=CCCCCCCCCC. The smallest absolute Gasteiger partial charge is 0.0348 e. The van der Waals surface area contributed by atoms with Gasteiger partial charge >= 0.3 is 0 Å². The maximum absolute atomic E-state index is 5.23. The number of hydrogen-bond acceptors (Lipinski definition) is 0. The predicted molar refractivity (Wildman–Crippen MR) is 125 cm³/mol. The predicted octanol–water partition coefficient (Wildman–Crippen LogP) is 8.57. The summed E-state index contributed by atoms with van der Waals surface area (Å²) in [7, 11) is 0. The van der Waals surface area contributed by atoms with Crippen molar-refractivity contribution in [2.24, 2.45) is 0 Å². The molecule has 0 unspecified atom stereocenters. The Hall–Kier alpha value is -2.34. The summed E-state index contributed by atoms with van der Waals surface area (Å²) in [4.78, 5) is 0. The minimum atomic E-state index is 1.19. The van der Waals surface area contributed by atoms with Gasteiger partial charge in [-0.3, -0.25) is 0 Å². The minimum Gasteiger partial charge on any atom is -0.0845 e. The van der Waals surface area contributed by atoms with Crippen molar-refractivity contribution in [1.82, 2.24) is 0 Å². The van der Waals surface area contributed by atoms with E-state index in [4.69, 9.17) is 6.58 Å². The zero-order chi connectivity index (χ0) is 19.7. The Morgan fingerprint density at radius 3 is 1.26 bits per heavy atom. The van der Waals surface area contributed by atoms with E-state index in [0.29, 0.717) is 0 Å². The van der Waals surface area contributed by atoms with Gasteiger partial charge < -0.3 is 0 Å². The van der Waals surface area contributed by atoms with Gasteiger partial charge in [-0.15, -0.1) is 0 Å². The standard InChI is InChI=1S/C27H37/c1-3-5-7-9-11-13-15-17-19-21-23-25-27-26-24-22-20-18-16-14-12-10-8-6-4-2/h1,3,5,7,9,11,13,15,17,19-27H,4,6,8,10,12,14,16,18H2,2H3. The number of rotatable bonds is 16. The third kappa shape index (κ3) is 23.7. The first-order valence-electron chi connectivity index (χ1n) is 10.3. The lowest BCUT2D eigenvalue weighted by Gasteiger charge is -1.98. The van der Waals surface area contributed by atoms with Crippen molar-refractivity contribution in [2.45, 2.75) is 58.3 Å². The molecule has 0 saturated heterocycles. The van der Waals surface area contributed by atoms with E-state index in [1.165, 1.54) is 57.4 Å². The third-order valence-electron chi connectivity index (χ3n) is 3.78. The van der Waals surface area contributed by atoms with Gasteiger partial charge in [0.2, 0.25) is 0 Å². The van der Waals surface area contributed by atoms with Gasteiger partial charge in [0.1, 0.15) is 0 Å². The van der Waals surface area contributed by atoms with Crippen LogP contribution in [-0.4, -0.2) is 0 Å². The average molecular weight is 362 g/mol. The first-order valence-corrected chi connectivity index (χ1v) is 10.3. The maximum atomic E-state index is 5.23. The molecule has 0 spiro atoms. The second-order valence-corrected chi connectivity index (χ2v) is 6.22. The molecule has 145 valence electrons. The van der Waals surface area contributed by atoms with E-state index in [-0.39, 0.29) is 0 Å². The van der Waals surface area contributed by atoms with E-state index in [2.05, 4.69) is 31.2 Å². The first kappa shape index (κ1) is 24.7. The molecular formula is C27H37. The van der Waals surface area contributed by atoms with Crippen LogP contribution in [0.3, 0.4) is 0 Å². The van der Waals surface area contributed by atoms with Crippen molar-refractivity contribution < 1.29 is 0 Å². The molecule has 0 aromatic rings. The van der Waals surface area contributed by atoms with Crippen LogP contribution in [0, 0.1) is 6.58 Å². The molecule has 0 aliphatic carbocycles. The van der Waals surface area contributed by atoms with E-state index >= 15 is 0 Å². The molecule has 0 nitrogen and oxygen atoms in total. The molecule has 0 rings (SSSR count). The van der Waals surface area contributed by atoms with Crippen molar-refractivity contribution in [3.8, 4) is 0 Å². The molecule has 0 aromatic carbocycles. The van der Waals surface area contributed by atoms with Crippen LogP contribution in [0.2, 0.25) is 0 Å². The van der Waals surface area contributed by atoms with Gasteiger partial charge in [0, 0.05) is 0 Å². The van der Waals surface area contributed by atoms with Crippen molar-refractivity contribution in [3.05, 3.63) is 110 Å². The Morgan fingerprint density at radius 2 is 0.815 bits per heavy atom. The zero-order valence-corrected chi connectivity index (χ0v) is 17.0. The Labute approximate surface area is 168 Å². The summed E-state index contributed by atoms with van der Waals surface area (Å²) in [5.41, 5.74) is 0. The van der Waals surface area contributed by atoms with E-state index < -0.39 is 0 Å². The van der Waals surface area contributed by atoms with Crippen LogP contribution in [0.5, 0.6) is 0 Å². The fourth-order valence-electron chi connectivity index (χ4n) is 2.29. The Bertz CT molecular complexity index is 545. The largest absolute Gasteiger partial charge is 0.0845 e. The molecule has 0 N–H and O–H groups in total. The van der Waals surface area contributed by atoms with E-state index in [1.807, 2.05) is 66.8 Å². The summed E-state index contributed by atoms with van der Waals surface area (Å²) < 4.78 is 0. The highest BCUT2D eigenvalue weighted by Gasteiger charge is 1.88. The average Bonchev–Trinajstić information content (AvgIpc) is 2.68. The fourth-order valence-corrected chi connectivity index (χ4v) is 2.29. The van der Waals surface area contributed by atoms with Gasteiger partial charge in [0.25, 0.3) is 0 Å². The highest BCUT2D eigenvalue weighted by Crippen LogP contribution is 2.08. The van der Waals surface area contributed by atoms with Gasteiger partial charge in [-0.1, -0.05) is 155 Å². The molecule has 0 atom stereocenters. The molecule has 0 saturated carbocycles. The van der Waals surface area contributed by atoms with Crippen LogP contribution >= 0.6 is 0 Å². The first-order chi connectivity index (χ1) is 13.4. The monoisotopic (exact) mass is 361 g/mol. The molecule has 0 fully saturated rings. The molecule has 0 bridgehead atoms. The maximum Gasteiger partial charge on any atom is -0.0348 e. The molecule has 0 aromatic heterocycles. The zero-order valence-electron chi connectivity index (χ0n) is 17.0. The minimum absolute atomic E-state index is 1.19. The van der Waals surface area contributed by atoms with E-state index in [9.17, 15) is 0 Å². The van der Waals surface area contributed by atoms with Crippen LogP contribution in [0.4, 0.5) is 0 Å². The van der Waals surface area contributed by atoms with Crippen LogP contribution in [-0.2, 0) is 0 Å². The second kappa shape index (κ2) is 23.7. The molecule has 1 radical (unpaired) electrons. The Balaban J connectivity index is 3.65. The van der Waals surface area contributed by atoms with Crippen LogP contribution in [0.15, 0.2) is 103 Å². The topological polar surface area (TPSA) is 0 Å². The number of hydrogen-bond donors (Lipinski definition) is 0. The summed E-state index contributed by atoms with van der Waals surface area (Å²) >= 11 is 0. The van der Waals surface area contributed by atoms with E-state index in [1.54, 1.807) is 6.08 Å². The molecule has 0 aliphatic rings. The lowest BCUT2D eigenvalue weighted by molar-refractivity contribution is 0.592. The molecule has 0 heteroatoms. The van der Waals surface area contributed by atoms with Gasteiger partial charge in [-0.2, -0.15) is 0 Å². The van der Waals surface area contributed by atoms with Crippen molar-refractivity contribution in [3.63, 3.8) is 0 Å². The molecule has 0 heterocycles. The fraction of sp³-hybridized carbons (Fsp3) is 0.333. The van der Waals surface area contributed by atoms with Gasteiger partial charge in [-0.25, -0.2) is 0 Å². The molecule has 0 amide bonds. The van der Waals surface area contributed by atoms with Gasteiger partial charge in [0.05, 0.1) is 0 Å². The van der Waals surface area contributed by atoms with E-state index in [0.717, 1.165) is 0 Å². The highest BCUT2D eigenvalue weighted by molar-refractivity contribution is 5.21. The normalized spacial score (nSPS) is 13.5. The van der Waals surface area contributed by atoms with Gasteiger partial charge in [0.15, 0.2) is 0 Å². The van der Waals surface area contributed by atoms with Crippen LogP contribution < -0.4 is 0 Å². The molecule has 0 aliphatic heterocycles. The van der Waals surface area contributed by atoms with Gasteiger partial charge in [-0.05, 0) is 12.8 Å². The summed E-state index contributed by atoms with van der Waals surface area (Å²) in [5.74, 6) is 0. The van der Waals surface area contributed by atoms with Crippen molar-refractivity contribution in [2.75, 3.05) is 0 Å². The Morgan fingerprint density at radius 1 is 0.444 bits per heavy atom. The lowest BCUT2D eigenvalue weighted by atomic mass is 10.1. The summed E-state index contributed by atoms with van der Waals surface area (Å²) in [6.07, 6.45) is 44.5. The quantitative estimate of drug-likeness (QED) is 0.191. The van der Waals surface area contributed by atoms with Crippen LogP contribution in [0.1, 0.15) is 58.3 Å². The number of allylic oxidation sites excluding steroid dienone is 17. The number of unbranched alkanes of at least 4 members (excludes halogenated alkanes) is 7. The molecular weight excluding hydrogens is 324 g/mol. The Kier molecular flexibility index (Phi) is 21.6. The summed E-state index contributed by atoms with van der Waals surface area (Å²) in [6.45, 7) is 7.49. The second-order valence-electron chi connectivity index (χ2n) is 6.22. The summed E-state index contributed by atoms with van der Waals surface area (Å²) in [5, 5.41) is 0. The van der Waals surface area contributed by atoms with Crippen LogP contribution in [0.25, 0.3) is 0 Å².